The number of halogens is 1. The molecule has 0 spiro atoms. The third-order valence-corrected chi connectivity index (χ3v) is 3.58. The van der Waals surface area contributed by atoms with Crippen LogP contribution in [0.2, 0.25) is 0 Å². The minimum absolute atomic E-state index is 0.0692. The molecule has 2 aromatic carbocycles. The fourth-order valence-corrected chi connectivity index (χ4v) is 2.34. The van der Waals surface area contributed by atoms with Crippen molar-refractivity contribution in [3.63, 3.8) is 0 Å². The maximum Gasteiger partial charge on any atom is 0.269 e. The number of hydrogen-bond donors (Lipinski definition) is 2. The molecule has 1 aromatic heterocycles. The van der Waals surface area contributed by atoms with E-state index in [2.05, 4.69) is 10.9 Å². The molecule has 2 N–H and O–H groups in total. The molecule has 0 saturated heterocycles. The molecule has 24 heavy (non-hydrogen) atoms. The van der Waals surface area contributed by atoms with Crippen LogP contribution in [0, 0.1) is 12.7 Å². The number of amides is 2. The van der Waals surface area contributed by atoms with E-state index in [1.807, 2.05) is 25.1 Å². The van der Waals surface area contributed by atoms with Crippen molar-refractivity contribution in [3.05, 3.63) is 71.2 Å². The van der Waals surface area contributed by atoms with E-state index in [4.69, 9.17) is 4.42 Å². The summed E-state index contributed by atoms with van der Waals surface area (Å²) in [6.45, 7) is 1.96. The Morgan fingerprint density at radius 3 is 2.58 bits per heavy atom. The first-order valence-electron chi connectivity index (χ1n) is 7.34. The van der Waals surface area contributed by atoms with Crippen molar-refractivity contribution in [1.29, 1.82) is 0 Å². The van der Waals surface area contributed by atoms with E-state index in [1.165, 1.54) is 30.5 Å². The summed E-state index contributed by atoms with van der Waals surface area (Å²) in [6, 6.07) is 10.8. The maximum atomic E-state index is 12.8. The van der Waals surface area contributed by atoms with Crippen molar-refractivity contribution in [3.8, 4) is 0 Å². The quantitative estimate of drug-likeness (QED) is 0.727. The largest absolute Gasteiger partial charge is 0.464 e. The second-order valence-corrected chi connectivity index (χ2v) is 5.45. The molecule has 0 saturated carbocycles. The Labute approximate surface area is 137 Å². The molecule has 0 bridgehead atoms. The predicted octanol–water partition coefficient (Wildman–Crippen LogP) is 2.88. The van der Waals surface area contributed by atoms with Gasteiger partial charge in [-0.2, -0.15) is 0 Å². The van der Waals surface area contributed by atoms with Crippen LogP contribution in [-0.4, -0.2) is 11.8 Å². The van der Waals surface area contributed by atoms with Crippen LogP contribution >= 0.6 is 0 Å². The van der Waals surface area contributed by atoms with Gasteiger partial charge in [0.25, 0.3) is 5.91 Å². The number of benzene rings is 2. The van der Waals surface area contributed by atoms with E-state index in [9.17, 15) is 14.0 Å². The SMILES string of the molecule is Cc1ccc2c(CC(=O)NNC(=O)c3ccc(F)cc3)coc2c1. The first-order chi connectivity index (χ1) is 11.5. The van der Waals surface area contributed by atoms with Crippen LogP contribution in [0.5, 0.6) is 0 Å². The molecule has 6 heteroatoms. The average Bonchev–Trinajstić information content (AvgIpc) is 2.95. The molecule has 2 amide bonds. The van der Waals surface area contributed by atoms with Crippen molar-refractivity contribution in [2.24, 2.45) is 0 Å². The standard InChI is InChI=1S/C18H15FN2O3/c1-11-2-7-15-13(10-24-16(15)8-11)9-17(22)20-21-18(23)12-3-5-14(19)6-4-12/h2-8,10H,9H2,1H3,(H,20,22)(H,21,23). The molecule has 0 aliphatic heterocycles. The summed E-state index contributed by atoms with van der Waals surface area (Å²) >= 11 is 0. The molecule has 3 rings (SSSR count). The summed E-state index contributed by atoms with van der Waals surface area (Å²) < 4.78 is 18.3. The second-order valence-electron chi connectivity index (χ2n) is 5.45. The van der Waals surface area contributed by atoms with Gasteiger partial charge in [0.2, 0.25) is 5.91 Å². The molecule has 0 radical (unpaired) electrons. The van der Waals surface area contributed by atoms with Crippen LogP contribution in [0.4, 0.5) is 4.39 Å². The minimum atomic E-state index is -0.518. The Morgan fingerprint density at radius 2 is 1.83 bits per heavy atom. The molecule has 0 unspecified atom stereocenters. The number of fused-ring (bicyclic) bond motifs is 1. The summed E-state index contributed by atoms with van der Waals surface area (Å²) in [5.74, 6) is -1.33. The van der Waals surface area contributed by atoms with E-state index in [-0.39, 0.29) is 17.9 Å². The Kier molecular flexibility index (Phi) is 4.29. The van der Waals surface area contributed by atoms with E-state index in [0.29, 0.717) is 5.58 Å². The monoisotopic (exact) mass is 326 g/mol. The van der Waals surface area contributed by atoms with Gasteiger partial charge in [-0.25, -0.2) is 4.39 Å². The molecule has 0 aliphatic rings. The van der Waals surface area contributed by atoms with Gasteiger partial charge in [-0.1, -0.05) is 12.1 Å². The molecular weight excluding hydrogens is 311 g/mol. The number of nitrogens with one attached hydrogen (secondary N) is 2. The van der Waals surface area contributed by atoms with E-state index in [0.717, 1.165) is 16.5 Å². The van der Waals surface area contributed by atoms with Gasteiger partial charge in [-0.15, -0.1) is 0 Å². The van der Waals surface area contributed by atoms with Crippen LogP contribution in [-0.2, 0) is 11.2 Å². The van der Waals surface area contributed by atoms with Gasteiger partial charge in [0.15, 0.2) is 0 Å². The number of hydrogen-bond acceptors (Lipinski definition) is 3. The predicted molar refractivity (Wildman–Crippen MR) is 86.7 cm³/mol. The summed E-state index contributed by atoms with van der Waals surface area (Å²) in [4.78, 5) is 23.8. The summed E-state index contributed by atoms with van der Waals surface area (Å²) in [7, 11) is 0. The highest BCUT2D eigenvalue weighted by molar-refractivity contribution is 5.96. The second kappa shape index (κ2) is 6.54. The molecule has 1 heterocycles. The average molecular weight is 326 g/mol. The number of carbonyl (C=O) groups excluding carboxylic acids is 2. The Hall–Kier alpha value is -3.15. The Bertz CT molecular complexity index is 900. The zero-order valence-corrected chi connectivity index (χ0v) is 12.9. The van der Waals surface area contributed by atoms with E-state index in [1.54, 1.807) is 0 Å². The molecule has 3 aromatic rings. The molecule has 0 atom stereocenters. The van der Waals surface area contributed by atoms with Gasteiger partial charge in [0, 0.05) is 16.5 Å². The highest BCUT2D eigenvalue weighted by Gasteiger charge is 2.12. The fourth-order valence-electron chi connectivity index (χ4n) is 2.34. The smallest absolute Gasteiger partial charge is 0.269 e. The van der Waals surface area contributed by atoms with Gasteiger partial charge >= 0.3 is 0 Å². The summed E-state index contributed by atoms with van der Waals surface area (Å²) in [6.07, 6.45) is 1.60. The van der Waals surface area contributed by atoms with Crippen molar-refractivity contribution in [2.75, 3.05) is 0 Å². The summed E-state index contributed by atoms with van der Waals surface area (Å²) in [5, 5.41) is 0.862. The molecule has 0 aliphatic carbocycles. The number of furan rings is 1. The normalized spacial score (nSPS) is 10.6. The third-order valence-electron chi connectivity index (χ3n) is 3.58. The van der Waals surface area contributed by atoms with E-state index < -0.39 is 11.7 Å². The minimum Gasteiger partial charge on any atom is -0.464 e. The Balaban J connectivity index is 1.61. The lowest BCUT2D eigenvalue weighted by molar-refractivity contribution is -0.121. The zero-order valence-electron chi connectivity index (χ0n) is 12.9. The molecule has 5 nitrogen and oxygen atoms in total. The molecule has 122 valence electrons. The van der Waals surface area contributed by atoms with Crippen molar-refractivity contribution < 1.29 is 18.4 Å². The fraction of sp³-hybridized carbons (Fsp3) is 0.111. The lowest BCUT2D eigenvalue weighted by Gasteiger charge is -2.07. The van der Waals surface area contributed by atoms with Crippen LogP contribution in [0.3, 0.4) is 0 Å². The molecule has 0 fully saturated rings. The highest BCUT2D eigenvalue weighted by Crippen LogP contribution is 2.22. The van der Waals surface area contributed by atoms with Crippen LogP contribution in [0.25, 0.3) is 11.0 Å². The number of hydrazine groups is 1. The third kappa shape index (κ3) is 3.43. The molecular formula is C18H15FN2O3. The van der Waals surface area contributed by atoms with Gasteiger partial charge in [-0.05, 0) is 42.8 Å². The summed E-state index contributed by atoms with van der Waals surface area (Å²) in [5.41, 5.74) is 7.40. The number of aryl methyl sites for hydroxylation is 1. The first kappa shape index (κ1) is 15.7. The van der Waals surface area contributed by atoms with Crippen molar-refractivity contribution in [1.82, 2.24) is 10.9 Å². The number of rotatable bonds is 3. The Morgan fingerprint density at radius 1 is 1.08 bits per heavy atom. The highest BCUT2D eigenvalue weighted by atomic mass is 19.1. The van der Waals surface area contributed by atoms with Crippen LogP contribution in [0.15, 0.2) is 53.1 Å². The zero-order chi connectivity index (χ0) is 17.1. The lowest BCUT2D eigenvalue weighted by atomic mass is 10.1. The first-order valence-corrected chi connectivity index (χ1v) is 7.34. The topological polar surface area (TPSA) is 71.3 Å². The van der Waals surface area contributed by atoms with Crippen molar-refractivity contribution >= 4 is 22.8 Å². The van der Waals surface area contributed by atoms with Gasteiger partial charge in [0.1, 0.15) is 11.4 Å². The van der Waals surface area contributed by atoms with Gasteiger partial charge in [-0.3, -0.25) is 20.4 Å². The lowest BCUT2D eigenvalue weighted by Crippen LogP contribution is -2.42. The maximum absolute atomic E-state index is 12.8. The van der Waals surface area contributed by atoms with Crippen LogP contribution in [0.1, 0.15) is 21.5 Å². The number of carbonyl (C=O) groups is 2. The van der Waals surface area contributed by atoms with Crippen molar-refractivity contribution in [2.45, 2.75) is 13.3 Å². The van der Waals surface area contributed by atoms with Gasteiger partial charge in [0.05, 0.1) is 12.7 Å². The van der Waals surface area contributed by atoms with Crippen LogP contribution < -0.4 is 10.9 Å². The van der Waals surface area contributed by atoms with E-state index >= 15 is 0 Å². The van der Waals surface area contributed by atoms with Gasteiger partial charge < -0.3 is 4.42 Å².